The molecule has 0 aromatic rings. The average molecular weight is 873 g/mol. The van der Waals surface area contributed by atoms with E-state index in [1.54, 1.807) is 0 Å². The zero-order valence-corrected chi connectivity index (χ0v) is 42.2. The van der Waals surface area contributed by atoms with Crippen LogP contribution in [0.15, 0.2) is 24.3 Å². The van der Waals surface area contributed by atoms with Gasteiger partial charge in [-0.2, -0.15) is 0 Å². The molecule has 0 heterocycles. The molecular weight excluding hydrogens is 765 g/mol. The van der Waals surface area contributed by atoms with Crippen molar-refractivity contribution in [2.75, 3.05) is 19.8 Å². The highest BCUT2D eigenvalue weighted by Gasteiger charge is 2.17. The van der Waals surface area contributed by atoms with Crippen LogP contribution >= 0.6 is 0 Å². The molecule has 0 saturated heterocycles. The molecule has 0 amide bonds. The van der Waals surface area contributed by atoms with Gasteiger partial charge in [0.15, 0.2) is 6.10 Å². The van der Waals surface area contributed by atoms with E-state index in [0.717, 1.165) is 44.9 Å². The summed E-state index contributed by atoms with van der Waals surface area (Å²) in [6.07, 6.45) is 63.4. The van der Waals surface area contributed by atoms with Crippen molar-refractivity contribution >= 4 is 11.9 Å². The minimum absolute atomic E-state index is 0.0867. The molecule has 0 spiro atoms. The van der Waals surface area contributed by atoms with Gasteiger partial charge in [-0.05, 0) is 64.2 Å². The molecular formula is C57H108O5. The van der Waals surface area contributed by atoms with E-state index in [0.29, 0.717) is 26.1 Å². The smallest absolute Gasteiger partial charge is 0.306 e. The van der Waals surface area contributed by atoms with Crippen LogP contribution in [-0.2, 0) is 23.8 Å². The van der Waals surface area contributed by atoms with E-state index >= 15 is 0 Å². The zero-order valence-electron chi connectivity index (χ0n) is 42.2. The molecule has 1 atom stereocenters. The molecule has 366 valence electrons. The number of carbonyl (C=O) groups excluding carboxylic acids is 2. The second kappa shape index (κ2) is 53.7. The predicted octanol–water partition coefficient (Wildman–Crippen LogP) is 18.8. The van der Waals surface area contributed by atoms with Gasteiger partial charge in [0, 0.05) is 19.4 Å². The number of carbonyl (C=O) groups is 2. The lowest BCUT2D eigenvalue weighted by Gasteiger charge is -2.18. The summed E-state index contributed by atoms with van der Waals surface area (Å²) in [5, 5.41) is 0. The third-order valence-corrected chi connectivity index (χ3v) is 12.5. The van der Waals surface area contributed by atoms with E-state index in [1.165, 1.54) is 225 Å². The van der Waals surface area contributed by atoms with Crippen LogP contribution in [0.4, 0.5) is 0 Å². The lowest BCUT2D eigenvalue weighted by molar-refractivity contribution is -0.163. The summed E-state index contributed by atoms with van der Waals surface area (Å²) in [5.41, 5.74) is 0. The Bertz CT molecular complexity index is 943. The summed E-state index contributed by atoms with van der Waals surface area (Å²) in [6.45, 7) is 7.84. The third-order valence-electron chi connectivity index (χ3n) is 12.5. The zero-order chi connectivity index (χ0) is 44.9. The maximum Gasteiger partial charge on any atom is 0.306 e. The van der Waals surface area contributed by atoms with Gasteiger partial charge < -0.3 is 14.2 Å². The monoisotopic (exact) mass is 873 g/mol. The minimum Gasteiger partial charge on any atom is -0.462 e. The molecule has 0 rings (SSSR count). The number of allylic oxidation sites excluding steroid dienone is 4. The van der Waals surface area contributed by atoms with Gasteiger partial charge in [-0.15, -0.1) is 0 Å². The fourth-order valence-electron chi connectivity index (χ4n) is 8.25. The van der Waals surface area contributed by atoms with E-state index in [4.69, 9.17) is 14.2 Å². The lowest BCUT2D eigenvalue weighted by atomic mass is 10.0. The van der Waals surface area contributed by atoms with Crippen LogP contribution in [0.2, 0.25) is 0 Å². The highest BCUT2D eigenvalue weighted by atomic mass is 16.6. The van der Waals surface area contributed by atoms with E-state index in [-0.39, 0.29) is 18.5 Å². The van der Waals surface area contributed by atoms with Gasteiger partial charge in [-0.1, -0.05) is 251 Å². The maximum absolute atomic E-state index is 12.8. The molecule has 0 N–H and O–H groups in total. The topological polar surface area (TPSA) is 61.8 Å². The Morgan fingerprint density at radius 3 is 1.03 bits per heavy atom. The summed E-state index contributed by atoms with van der Waals surface area (Å²) in [5.74, 6) is -0.392. The fourth-order valence-corrected chi connectivity index (χ4v) is 8.25. The Morgan fingerprint density at radius 1 is 0.339 bits per heavy atom. The van der Waals surface area contributed by atoms with Crippen LogP contribution in [0.3, 0.4) is 0 Å². The van der Waals surface area contributed by atoms with Crippen LogP contribution < -0.4 is 0 Å². The maximum atomic E-state index is 12.8. The van der Waals surface area contributed by atoms with E-state index in [2.05, 4.69) is 45.1 Å². The summed E-state index contributed by atoms with van der Waals surface area (Å²) in [7, 11) is 0. The number of unbranched alkanes of at least 4 members (excludes halogenated alkanes) is 37. The number of esters is 2. The van der Waals surface area contributed by atoms with Crippen molar-refractivity contribution < 1.29 is 23.8 Å². The molecule has 0 aromatic carbocycles. The molecule has 0 unspecified atom stereocenters. The first-order valence-corrected chi connectivity index (χ1v) is 27.9. The molecule has 0 saturated carbocycles. The van der Waals surface area contributed by atoms with Crippen LogP contribution in [-0.4, -0.2) is 37.9 Å². The normalized spacial score (nSPS) is 12.2. The van der Waals surface area contributed by atoms with Crippen molar-refractivity contribution in [2.45, 2.75) is 309 Å². The summed E-state index contributed by atoms with van der Waals surface area (Å²) < 4.78 is 17.4. The highest BCUT2D eigenvalue weighted by Crippen LogP contribution is 2.16. The Labute approximate surface area is 387 Å². The molecule has 0 aliphatic heterocycles. The van der Waals surface area contributed by atoms with Crippen LogP contribution in [0.25, 0.3) is 0 Å². The van der Waals surface area contributed by atoms with E-state index in [9.17, 15) is 9.59 Å². The van der Waals surface area contributed by atoms with Gasteiger partial charge in [0.2, 0.25) is 0 Å². The molecule has 5 heteroatoms. The number of hydrogen-bond donors (Lipinski definition) is 0. The Morgan fingerprint density at radius 2 is 0.645 bits per heavy atom. The second-order valence-electron chi connectivity index (χ2n) is 18.8. The second-order valence-corrected chi connectivity index (χ2v) is 18.8. The van der Waals surface area contributed by atoms with Crippen LogP contribution in [0.1, 0.15) is 303 Å². The fraction of sp³-hybridized carbons (Fsp3) is 0.895. The van der Waals surface area contributed by atoms with Crippen molar-refractivity contribution in [3.05, 3.63) is 24.3 Å². The molecule has 0 aromatic heterocycles. The average Bonchev–Trinajstić information content (AvgIpc) is 3.27. The van der Waals surface area contributed by atoms with Crippen molar-refractivity contribution in [3.8, 4) is 0 Å². The minimum atomic E-state index is -0.534. The quantitative estimate of drug-likeness (QED) is 0.0346. The van der Waals surface area contributed by atoms with Gasteiger partial charge in [-0.25, -0.2) is 0 Å². The van der Waals surface area contributed by atoms with E-state index < -0.39 is 6.10 Å². The highest BCUT2D eigenvalue weighted by molar-refractivity contribution is 5.70. The summed E-state index contributed by atoms with van der Waals surface area (Å²) in [4.78, 5) is 25.4. The van der Waals surface area contributed by atoms with Gasteiger partial charge in [-0.3, -0.25) is 9.59 Å². The van der Waals surface area contributed by atoms with Crippen molar-refractivity contribution in [3.63, 3.8) is 0 Å². The third kappa shape index (κ3) is 51.0. The SMILES string of the molecule is CCCC/C=C\CCCCCCCC(=O)OC[C@@H](COCCCCCCCCCCCCCCCCCC)OC(=O)CCCCCCCCCCC/C=C\CCCCCCCC. The standard InChI is InChI=1S/C57H108O5/c1-4-7-10-13-16-19-22-24-26-28-29-30-31-33-36-39-42-45-48-51-57(59)62-55(54-61-56(58)50-47-44-41-38-35-21-18-15-12-9-6-3)53-60-52-49-46-43-40-37-34-32-27-25-23-20-17-14-11-8-5-2/h15,18,24,26,55H,4-14,16-17,19-23,25,27-54H2,1-3H3/b18-15-,26-24-/t55-/m1/s1. The molecule has 62 heavy (non-hydrogen) atoms. The van der Waals surface area contributed by atoms with Crippen molar-refractivity contribution in [2.24, 2.45) is 0 Å². The molecule has 0 fully saturated rings. The van der Waals surface area contributed by atoms with Gasteiger partial charge >= 0.3 is 11.9 Å². The molecule has 0 bridgehead atoms. The van der Waals surface area contributed by atoms with Crippen molar-refractivity contribution in [1.29, 1.82) is 0 Å². The Kier molecular flexibility index (Phi) is 52.3. The van der Waals surface area contributed by atoms with Crippen molar-refractivity contribution in [1.82, 2.24) is 0 Å². The first kappa shape index (κ1) is 60.4. The van der Waals surface area contributed by atoms with Gasteiger partial charge in [0.25, 0.3) is 0 Å². The number of hydrogen-bond acceptors (Lipinski definition) is 5. The first-order valence-electron chi connectivity index (χ1n) is 27.9. The number of rotatable bonds is 52. The Hall–Kier alpha value is -1.62. The van der Waals surface area contributed by atoms with Gasteiger partial charge in [0.1, 0.15) is 6.61 Å². The molecule has 0 aliphatic rings. The first-order chi connectivity index (χ1) is 30.6. The molecule has 0 aliphatic carbocycles. The van der Waals surface area contributed by atoms with Crippen LogP contribution in [0.5, 0.6) is 0 Å². The number of ether oxygens (including phenoxy) is 3. The van der Waals surface area contributed by atoms with E-state index in [1.807, 2.05) is 0 Å². The predicted molar refractivity (Wildman–Crippen MR) is 270 cm³/mol. The largest absolute Gasteiger partial charge is 0.462 e. The van der Waals surface area contributed by atoms with Crippen LogP contribution in [0, 0.1) is 0 Å². The summed E-state index contributed by atoms with van der Waals surface area (Å²) >= 11 is 0. The molecule has 0 radical (unpaired) electrons. The molecule has 5 nitrogen and oxygen atoms in total. The lowest BCUT2D eigenvalue weighted by Crippen LogP contribution is -2.30. The Balaban J connectivity index is 4.19. The van der Waals surface area contributed by atoms with Gasteiger partial charge in [0.05, 0.1) is 6.61 Å². The summed E-state index contributed by atoms with van der Waals surface area (Å²) in [6, 6.07) is 0.